The highest BCUT2D eigenvalue weighted by molar-refractivity contribution is 5.33. The highest BCUT2D eigenvalue weighted by atomic mass is 16.6. The van der Waals surface area contributed by atoms with Gasteiger partial charge in [-0.25, -0.2) is 9.97 Å². The van der Waals surface area contributed by atoms with Crippen LogP contribution < -0.4 is 10.6 Å². The van der Waals surface area contributed by atoms with Gasteiger partial charge in [0.25, 0.3) is 0 Å². The molecule has 2 fully saturated rings. The Morgan fingerprint density at radius 1 is 1.14 bits per heavy atom. The first-order valence-electron chi connectivity index (χ1n) is 10.00. The molecule has 0 amide bonds. The quantitative estimate of drug-likeness (QED) is 0.806. The fraction of sp³-hybridized carbons (Fsp3) is 0.500. The molecule has 2 N–H and O–H groups in total. The molecule has 152 valence electrons. The van der Waals surface area contributed by atoms with Crippen molar-refractivity contribution in [3.8, 4) is 6.07 Å². The predicted octanol–water partition coefficient (Wildman–Crippen LogP) is 2.38. The molecule has 29 heavy (non-hydrogen) atoms. The molecule has 0 spiro atoms. The van der Waals surface area contributed by atoms with Crippen LogP contribution in [0.5, 0.6) is 0 Å². The van der Waals surface area contributed by atoms with E-state index in [1.807, 2.05) is 30.3 Å². The van der Waals surface area contributed by atoms with E-state index in [1.54, 1.807) is 6.20 Å². The van der Waals surface area contributed by atoms with Gasteiger partial charge in [-0.3, -0.25) is 0 Å². The molecule has 0 bridgehead atoms. The Hall–Kier alpha value is -2.53. The van der Waals surface area contributed by atoms with Crippen LogP contribution in [0.3, 0.4) is 0 Å². The molecular weight excluding hydrogens is 366 g/mol. The second-order valence-electron chi connectivity index (χ2n) is 8.66. The largest absolute Gasteiger partial charge is 0.371 e. The van der Waals surface area contributed by atoms with Gasteiger partial charge in [0, 0.05) is 18.2 Å². The van der Waals surface area contributed by atoms with Crippen molar-refractivity contribution < 1.29 is 9.47 Å². The molecule has 0 radical (unpaired) electrons. The number of hydrogen-bond donors (Lipinski definition) is 2. The van der Waals surface area contributed by atoms with Gasteiger partial charge in [0.1, 0.15) is 12.2 Å². The van der Waals surface area contributed by atoms with E-state index < -0.39 is 0 Å². The molecule has 0 aliphatic carbocycles. The maximum absolute atomic E-state index is 9.05. The zero-order valence-electron chi connectivity index (χ0n) is 17.1. The molecule has 2 aromatic rings. The highest BCUT2D eigenvalue weighted by Crippen LogP contribution is 2.29. The average molecular weight is 393 g/mol. The van der Waals surface area contributed by atoms with Gasteiger partial charge >= 0.3 is 0 Å². The number of benzene rings is 1. The molecule has 4 rings (SSSR count). The van der Waals surface area contributed by atoms with Gasteiger partial charge in [-0.15, -0.1) is 0 Å². The molecule has 2 saturated heterocycles. The maximum Gasteiger partial charge on any atom is 0.223 e. The molecule has 0 unspecified atom stereocenters. The minimum atomic E-state index is -0.0418. The van der Waals surface area contributed by atoms with Crippen molar-refractivity contribution in [2.24, 2.45) is 0 Å². The average Bonchev–Trinajstić information content (AvgIpc) is 3.29. The van der Waals surface area contributed by atoms with E-state index in [4.69, 9.17) is 14.7 Å². The molecule has 7 nitrogen and oxygen atoms in total. The summed E-state index contributed by atoms with van der Waals surface area (Å²) in [5.41, 5.74) is 2.71. The maximum atomic E-state index is 9.05. The summed E-state index contributed by atoms with van der Waals surface area (Å²) in [6.07, 6.45) is 1.73. The Morgan fingerprint density at radius 3 is 2.66 bits per heavy atom. The lowest BCUT2D eigenvalue weighted by Gasteiger charge is -2.21. The summed E-state index contributed by atoms with van der Waals surface area (Å²) >= 11 is 0. The van der Waals surface area contributed by atoms with Crippen molar-refractivity contribution in [3.05, 3.63) is 53.3 Å². The van der Waals surface area contributed by atoms with Crippen LogP contribution in [0.4, 0.5) is 5.95 Å². The lowest BCUT2D eigenvalue weighted by atomic mass is 9.92. The Labute approximate surface area is 171 Å². The normalized spacial score (nSPS) is 26.1. The Bertz CT molecular complexity index is 905. The van der Waals surface area contributed by atoms with Crippen LogP contribution in [-0.2, 0) is 21.4 Å². The van der Waals surface area contributed by atoms with Crippen LogP contribution in [-0.4, -0.2) is 47.5 Å². The van der Waals surface area contributed by atoms with Crippen LogP contribution in [0.15, 0.2) is 36.5 Å². The first-order valence-corrected chi connectivity index (χ1v) is 10.00. The molecule has 3 heterocycles. The van der Waals surface area contributed by atoms with Gasteiger partial charge in [-0.2, -0.15) is 5.26 Å². The minimum Gasteiger partial charge on any atom is -0.371 e. The molecular formula is C22H27N5O2. The van der Waals surface area contributed by atoms with Gasteiger partial charge in [0.15, 0.2) is 0 Å². The van der Waals surface area contributed by atoms with E-state index in [1.165, 1.54) is 0 Å². The Morgan fingerprint density at radius 2 is 1.90 bits per heavy atom. The third-order valence-corrected chi connectivity index (χ3v) is 5.42. The number of ether oxygens (including phenoxy) is 2. The van der Waals surface area contributed by atoms with E-state index in [-0.39, 0.29) is 29.7 Å². The molecule has 1 aromatic heterocycles. The highest BCUT2D eigenvalue weighted by Gasteiger charge is 2.47. The first kappa shape index (κ1) is 19.8. The molecule has 2 aliphatic rings. The lowest BCUT2D eigenvalue weighted by Crippen LogP contribution is -2.41. The topological polar surface area (TPSA) is 92.1 Å². The number of fused-ring (bicyclic) bond motifs is 1. The van der Waals surface area contributed by atoms with E-state index >= 15 is 0 Å². The standard InChI is InChI=1S/C22H27N5O2/c1-22(2,3)18-7-8-24-21(27-18)26-17-13-29-19-16(12-28-20(17)19)25-11-15-6-4-5-14(9-15)10-23/h4-9,16-17,19-20,25H,11-13H2,1-3H3,(H,24,26,27)/t16-,17-,19+,20+/m0/s1. The summed E-state index contributed by atoms with van der Waals surface area (Å²) in [6.45, 7) is 8.23. The van der Waals surface area contributed by atoms with Crippen molar-refractivity contribution in [2.45, 2.75) is 57.0 Å². The number of hydrogen-bond acceptors (Lipinski definition) is 7. The van der Waals surface area contributed by atoms with Gasteiger partial charge < -0.3 is 20.1 Å². The third-order valence-electron chi connectivity index (χ3n) is 5.42. The predicted molar refractivity (Wildman–Crippen MR) is 109 cm³/mol. The number of nitriles is 1. The first-order chi connectivity index (χ1) is 13.9. The van der Waals surface area contributed by atoms with E-state index in [0.29, 0.717) is 31.3 Å². The number of anilines is 1. The van der Waals surface area contributed by atoms with Crippen molar-refractivity contribution in [1.82, 2.24) is 15.3 Å². The summed E-state index contributed by atoms with van der Waals surface area (Å²) in [5, 5.41) is 16.0. The lowest BCUT2D eigenvalue weighted by molar-refractivity contribution is 0.0675. The van der Waals surface area contributed by atoms with Crippen molar-refractivity contribution in [3.63, 3.8) is 0 Å². The number of rotatable bonds is 5. The van der Waals surface area contributed by atoms with Gasteiger partial charge in [-0.05, 0) is 23.8 Å². The van der Waals surface area contributed by atoms with Crippen LogP contribution in [0.2, 0.25) is 0 Å². The van der Waals surface area contributed by atoms with E-state index in [0.717, 1.165) is 11.3 Å². The zero-order valence-corrected chi connectivity index (χ0v) is 17.1. The minimum absolute atomic E-state index is 0.0163. The van der Waals surface area contributed by atoms with E-state index in [2.05, 4.69) is 47.4 Å². The summed E-state index contributed by atoms with van der Waals surface area (Å²) in [5.74, 6) is 0.611. The van der Waals surface area contributed by atoms with Crippen LogP contribution in [0.1, 0.15) is 37.6 Å². The number of nitrogens with one attached hydrogen (secondary N) is 2. The fourth-order valence-electron chi connectivity index (χ4n) is 3.81. The second-order valence-corrected chi connectivity index (χ2v) is 8.66. The van der Waals surface area contributed by atoms with Gasteiger partial charge in [-0.1, -0.05) is 32.9 Å². The molecule has 4 atom stereocenters. The van der Waals surface area contributed by atoms with Crippen molar-refractivity contribution in [1.29, 1.82) is 5.26 Å². The smallest absolute Gasteiger partial charge is 0.223 e. The van der Waals surface area contributed by atoms with Gasteiger partial charge in [0.05, 0.1) is 42.6 Å². The van der Waals surface area contributed by atoms with Crippen LogP contribution in [0.25, 0.3) is 0 Å². The van der Waals surface area contributed by atoms with Crippen LogP contribution in [0, 0.1) is 11.3 Å². The molecule has 7 heteroatoms. The van der Waals surface area contributed by atoms with Crippen molar-refractivity contribution in [2.75, 3.05) is 18.5 Å². The zero-order chi connectivity index (χ0) is 20.4. The Kier molecular flexibility index (Phi) is 5.50. The van der Waals surface area contributed by atoms with Gasteiger partial charge in [0.2, 0.25) is 5.95 Å². The monoisotopic (exact) mass is 393 g/mol. The molecule has 2 aliphatic heterocycles. The Balaban J connectivity index is 1.36. The summed E-state index contributed by atoms with van der Waals surface area (Å²) in [6, 6.07) is 11.9. The summed E-state index contributed by atoms with van der Waals surface area (Å²) in [7, 11) is 0. The SMILES string of the molecule is CC(C)(C)c1ccnc(N[C@H]2CO[C@H]3[C@@H]2OC[C@@H]3NCc2cccc(C#N)c2)n1. The summed E-state index contributed by atoms with van der Waals surface area (Å²) in [4.78, 5) is 9.02. The van der Waals surface area contributed by atoms with E-state index in [9.17, 15) is 0 Å². The third kappa shape index (κ3) is 4.40. The summed E-state index contributed by atoms with van der Waals surface area (Å²) < 4.78 is 12.1. The van der Waals surface area contributed by atoms with Crippen LogP contribution >= 0.6 is 0 Å². The molecule has 0 saturated carbocycles. The fourth-order valence-corrected chi connectivity index (χ4v) is 3.81. The number of nitrogens with zero attached hydrogens (tertiary/aromatic N) is 3. The van der Waals surface area contributed by atoms with Crippen molar-refractivity contribution >= 4 is 5.95 Å². The molecule has 1 aromatic carbocycles. The second kappa shape index (κ2) is 8.07. The number of aromatic nitrogens is 2.